The number of carbonyl (C=O) groups excluding carboxylic acids is 1. The van der Waals surface area contributed by atoms with Gasteiger partial charge in [-0.1, -0.05) is 19.1 Å². The van der Waals surface area contributed by atoms with Crippen LogP contribution in [0.15, 0.2) is 30.3 Å². The van der Waals surface area contributed by atoms with Crippen molar-refractivity contribution in [3.63, 3.8) is 0 Å². The van der Waals surface area contributed by atoms with Gasteiger partial charge in [0.15, 0.2) is 0 Å². The summed E-state index contributed by atoms with van der Waals surface area (Å²) in [6.45, 7) is 2.00. The molecule has 2 heterocycles. The van der Waals surface area contributed by atoms with Crippen LogP contribution in [0.2, 0.25) is 0 Å². The minimum Gasteiger partial charge on any atom is -0.324 e. The van der Waals surface area contributed by atoms with Crippen LogP contribution in [0, 0.1) is 0 Å². The topological polar surface area (TPSA) is 75.6 Å². The second-order valence-corrected chi connectivity index (χ2v) is 4.55. The first-order valence-electron chi connectivity index (χ1n) is 6.46. The van der Waals surface area contributed by atoms with Crippen molar-refractivity contribution in [2.75, 3.05) is 5.32 Å². The molecule has 2 aromatic heterocycles. The van der Waals surface area contributed by atoms with E-state index in [2.05, 4.69) is 20.4 Å². The lowest BCUT2D eigenvalue weighted by atomic mass is 10.3. The van der Waals surface area contributed by atoms with Crippen molar-refractivity contribution in [2.24, 2.45) is 7.05 Å². The van der Waals surface area contributed by atoms with Crippen molar-refractivity contribution in [3.05, 3.63) is 41.7 Å². The van der Waals surface area contributed by atoms with Gasteiger partial charge >= 0.3 is 0 Å². The number of aromatic nitrogens is 4. The molecule has 1 amide bonds. The van der Waals surface area contributed by atoms with Crippen LogP contribution in [0.1, 0.15) is 23.1 Å². The first kappa shape index (κ1) is 12.4. The summed E-state index contributed by atoms with van der Waals surface area (Å²) < 4.78 is 1.58. The van der Waals surface area contributed by atoms with E-state index < -0.39 is 0 Å². The highest BCUT2D eigenvalue weighted by Gasteiger charge is 2.14. The number of nitrogens with zero attached hydrogens (tertiary/aromatic N) is 3. The second-order valence-electron chi connectivity index (χ2n) is 4.55. The lowest BCUT2D eigenvalue weighted by Gasteiger charge is -2.01. The first-order chi connectivity index (χ1) is 9.67. The van der Waals surface area contributed by atoms with Crippen LogP contribution in [0.5, 0.6) is 0 Å². The molecule has 6 heteroatoms. The molecule has 0 radical (unpaired) electrons. The number of anilines is 1. The van der Waals surface area contributed by atoms with Gasteiger partial charge in [-0.3, -0.25) is 14.8 Å². The highest BCUT2D eigenvalue weighted by Crippen LogP contribution is 2.14. The van der Waals surface area contributed by atoms with Crippen LogP contribution in [0.3, 0.4) is 0 Å². The largest absolute Gasteiger partial charge is 0.324 e. The van der Waals surface area contributed by atoms with Gasteiger partial charge in [-0.2, -0.15) is 5.10 Å². The maximum atomic E-state index is 12.2. The molecule has 102 valence electrons. The minimum atomic E-state index is -0.223. The van der Waals surface area contributed by atoms with Gasteiger partial charge in [0.05, 0.1) is 16.7 Å². The van der Waals surface area contributed by atoms with Crippen molar-refractivity contribution < 1.29 is 4.79 Å². The van der Waals surface area contributed by atoms with E-state index in [0.29, 0.717) is 11.6 Å². The molecule has 0 aliphatic carbocycles. The Hall–Kier alpha value is -2.63. The molecular formula is C14H15N5O. The summed E-state index contributed by atoms with van der Waals surface area (Å²) >= 11 is 0. The standard InChI is InChI=1S/C14H15N5O/c1-3-9-8-12(19(2)18-9)13(20)17-14-15-10-6-4-5-7-11(10)16-14/h4-8H,3H2,1-2H3,(H2,15,16,17,20). The van der Waals surface area contributed by atoms with E-state index in [1.807, 2.05) is 31.2 Å². The molecule has 0 unspecified atom stereocenters. The van der Waals surface area contributed by atoms with E-state index >= 15 is 0 Å². The Labute approximate surface area is 115 Å². The van der Waals surface area contributed by atoms with E-state index in [-0.39, 0.29) is 5.91 Å². The van der Waals surface area contributed by atoms with Gasteiger partial charge in [0, 0.05) is 7.05 Å². The van der Waals surface area contributed by atoms with Crippen LogP contribution in [0.25, 0.3) is 11.0 Å². The summed E-state index contributed by atoms with van der Waals surface area (Å²) in [5, 5.41) is 7.02. The molecule has 0 spiro atoms. The highest BCUT2D eigenvalue weighted by atomic mass is 16.2. The minimum absolute atomic E-state index is 0.223. The van der Waals surface area contributed by atoms with Crippen molar-refractivity contribution in [3.8, 4) is 0 Å². The number of aromatic amines is 1. The van der Waals surface area contributed by atoms with Crippen LogP contribution in [-0.4, -0.2) is 25.7 Å². The Kier molecular flexibility index (Phi) is 2.98. The van der Waals surface area contributed by atoms with Crippen molar-refractivity contribution >= 4 is 22.9 Å². The molecule has 0 saturated carbocycles. The van der Waals surface area contributed by atoms with Crippen molar-refractivity contribution in [1.29, 1.82) is 0 Å². The molecule has 0 fully saturated rings. The molecule has 0 atom stereocenters. The number of carbonyl (C=O) groups is 1. The zero-order valence-electron chi connectivity index (χ0n) is 11.3. The maximum absolute atomic E-state index is 12.2. The predicted octanol–water partition coefficient (Wildman–Crippen LogP) is 2.11. The van der Waals surface area contributed by atoms with Gasteiger partial charge in [0.2, 0.25) is 5.95 Å². The zero-order chi connectivity index (χ0) is 14.1. The Morgan fingerprint density at radius 3 is 2.90 bits per heavy atom. The number of amides is 1. The van der Waals surface area contributed by atoms with E-state index in [4.69, 9.17) is 0 Å². The predicted molar refractivity (Wildman–Crippen MR) is 76.6 cm³/mol. The molecule has 3 rings (SSSR count). The summed E-state index contributed by atoms with van der Waals surface area (Å²) in [5.41, 5.74) is 3.12. The molecule has 20 heavy (non-hydrogen) atoms. The molecule has 6 nitrogen and oxygen atoms in total. The summed E-state index contributed by atoms with van der Waals surface area (Å²) in [7, 11) is 1.76. The fourth-order valence-electron chi connectivity index (χ4n) is 2.10. The Morgan fingerprint density at radius 2 is 2.20 bits per heavy atom. The fraction of sp³-hybridized carbons (Fsp3) is 0.214. The van der Waals surface area contributed by atoms with E-state index in [0.717, 1.165) is 23.1 Å². The molecule has 3 aromatic rings. The number of hydrogen-bond acceptors (Lipinski definition) is 3. The third kappa shape index (κ3) is 2.16. The lowest BCUT2D eigenvalue weighted by Crippen LogP contribution is -2.16. The van der Waals surface area contributed by atoms with Crippen LogP contribution in [0.4, 0.5) is 5.95 Å². The number of benzene rings is 1. The van der Waals surface area contributed by atoms with E-state index in [1.54, 1.807) is 17.8 Å². The molecule has 0 aliphatic heterocycles. The number of rotatable bonds is 3. The molecule has 0 bridgehead atoms. The third-order valence-corrected chi connectivity index (χ3v) is 3.15. The number of imidazole rings is 1. The normalized spacial score (nSPS) is 10.9. The van der Waals surface area contributed by atoms with Crippen LogP contribution >= 0.6 is 0 Å². The smallest absolute Gasteiger partial charge is 0.276 e. The average Bonchev–Trinajstić information content (AvgIpc) is 3.01. The van der Waals surface area contributed by atoms with Crippen LogP contribution < -0.4 is 5.32 Å². The number of aryl methyl sites for hydroxylation is 2. The number of hydrogen-bond donors (Lipinski definition) is 2. The average molecular weight is 269 g/mol. The summed E-state index contributed by atoms with van der Waals surface area (Å²) in [6, 6.07) is 9.42. The van der Waals surface area contributed by atoms with Crippen molar-refractivity contribution in [2.45, 2.75) is 13.3 Å². The quantitative estimate of drug-likeness (QED) is 0.764. The van der Waals surface area contributed by atoms with E-state index in [1.165, 1.54) is 0 Å². The first-order valence-corrected chi connectivity index (χ1v) is 6.46. The van der Waals surface area contributed by atoms with Gasteiger partial charge < -0.3 is 4.98 Å². The van der Waals surface area contributed by atoms with E-state index in [9.17, 15) is 4.79 Å². The van der Waals surface area contributed by atoms with Gasteiger partial charge in [-0.05, 0) is 24.6 Å². The highest BCUT2D eigenvalue weighted by molar-refractivity contribution is 6.02. The maximum Gasteiger partial charge on any atom is 0.276 e. The monoisotopic (exact) mass is 269 g/mol. The Morgan fingerprint density at radius 1 is 1.40 bits per heavy atom. The molecule has 1 aromatic carbocycles. The van der Waals surface area contributed by atoms with Gasteiger partial charge in [-0.25, -0.2) is 4.98 Å². The zero-order valence-corrected chi connectivity index (χ0v) is 11.3. The summed E-state index contributed by atoms with van der Waals surface area (Å²) in [5.74, 6) is 0.217. The van der Waals surface area contributed by atoms with Crippen LogP contribution in [-0.2, 0) is 13.5 Å². The van der Waals surface area contributed by atoms with Gasteiger partial charge in [0.1, 0.15) is 5.69 Å². The number of nitrogens with one attached hydrogen (secondary N) is 2. The number of para-hydroxylation sites is 2. The molecule has 0 aliphatic rings. The second kappa shape index (κ2) is 4.80. The summed E-state index contributed by atoms with van der Waals surface area (Å²) in [6.07, 6.45) is 0.797. The Bertz CT molecular complexity index is 738. The number of fused-ring (bicyclic) bond motifs is 1. The molecule has 0 saturated heterocycles. The molecular weight excluding hydrogens is 254 g/mol. The third-order valence-electron chi connectivity index (χ3n) is 3.15. The fourth-order valence-corrected chi connectivity index (χ4v) is 2.10. The van der Waals surface area contributed by atoms with Gasteiger partial charge in [0.25, 0.3) is 5.91 Å². The lowest BCUT2D eigenvalue weighted by molar-refractivity contribution is 0.101. The SMILES string of the molecule is CCc1cc(C(=O)Nc2nc3ccccc3[nH]2)n(C)n1. The van der Waals surface area contributed by atoms with Gasteiger partial charge in [-0.15, -0.1) is 0 Å². The Balaban J connectivity index is 1.86. The molecule has 2 N–H and O–H groups in total. The summed E-state index contributed by atoms with van der Waals surface area (Å²) in [4.78, 5) is 19.6. The van der Waals surface area contributed by atoms with Crippen molar-refractivity contribution in [1.82, 2.24) is 19.7 Å². The number of H-pyrrole nitrogens is 1.